The molecular formula is C13H19NO2. The Morgan fingerprint density at radius 1 is 1.25 bits per heavy atom. The fourth-order valence-electron chi connectivity index (χ4n) is 2.78. The molecule has 0 saturated heterocycles. The highest BCUT2D eigenvalue weighted by molar-refractivity contribution is 5.67. The van der Waals surface area contributed by atoms with E-state index in [1.54, 1.807) is 0 Å². The Hall–Kier alpha value is -1.25. The highest BCUT2D eigenvalue weighted by atomic mass is 16.4. The van der Waals surface area contributed by atoms with Crippen LogP contribution >= 0.6 is 0 Å². The zero-order chi connectivity index (χ0) is 11.4. The minimum absolute atomic E-state index is 0.146. The van der Waals surface area contributed by atoms with Crippen LogP contribution < -0.4 is 0 Å². The van der Waals surface area contributed by atoms with E-state index in [1.165, 1.54) is 32.1 Å². The molecule has 1 aliphatic carbocycles. The van der Waals surface area contributed by atoms with Gasteiger partial charge in [-0.05, 0) is 30.9 Å². The second-order valence-electron chi connectivity index (χ2n) is 4.69. The van der Waals surface area contributed by atoms with Gasteiger partial charge in [-0.15, -0.1) is 0 Å². The molecule has 88 valence electrons. The number of aliphatic carboxylic acids is 1. The lowest BCUT2D eigenvalue weighted by atomic mass is 9.82. The normalized spacial score (nSPS) is 19.5. The van der Waals surface area contributed by atoms with Crippen molar-refractivity contribution < 1.29 is 9.90 Å². The van der Waals surface area contributed by atoms with Crippen molar-refractivity contribution in [1.82, 2.24) is 4.57 Å². The number of nitrogens with zero attached hydrogens (tertiary/aromatic N) is 1. The predicted molar refractivity (Wildman–Crippen MR) is 62.3 cm³/mol. The van der Waals surface area contributed by atoms with Crippen molar-refractivity contribution in [1.29, 1.82) is 0 Å². The van der Waals surface area contributed by atoms with Crippen LogP contribution in [-0.2, 0) is 4.79 Å². The second kappa shape index (κ2) is 5.19. The third-order valence-corrected chi connectivity index (χ3v) is 3.59. The van der Waals surface area contributed by atoms with Crippen molar-refractivity contribution in [3.8, 4) is 0 Å². The number of aromatic nitrogens is 1. The lowest BCUT2D eigenvalue weighted by Gasteiger charge is -2.30. The fourth-order valence-corrected chi connectivity index (χ4v) is 2.78. The quantitative estimate of drug-likeness (QED) is 0.849. The third-order valence-electron chi connectivity index (χ3n) is 3.59. The molecule has 0 amide bonds. The Morgan fingerprint density at radius 2 is 1.88 bits per heavy atom. The molecule has 3 nitrogen and oxygen atoms in total. The van der Waals surface area contributed by atoms with Crippen LogP contribution in [0.25, 0.3) is 0 Å². The summed E-state index contributed by atoms with van der Waals surface area (Å²) in [5.41, 5.74) is 0. The summed E-state index contributed by atoms with van der Waals surface area (Å²) in [6.07, 6.45) is 10.4. The molecule has 3 heteroatoms. The smallest absolute Gasteiger partial charge is 0.305 e. The van der Waals surface area contributed by atoms with Gasteiger partial charge in [0.25, 0.3) is 0 Å². The van der Waals surface area contributed by atoms with Gasteiger partial charge < -0.3 is 9.67 Å². The fraction of sp³-hybridized carbons (Fsp3) is 0.615. The topological polar surface area (TPSA) is 42.2 Å². The van der Waals surface area contributed by atoms with Crippen LogP contribution in [0.5, 0.6) is 0 Å². The zero-order valence-corrected chi connectivity index (χ0v) is 9.51. The molecule has 1 aromatic heterocycles. The van der Waals surface area contributed by atoms with Crippen molar-refractivity contribution in [2.45, 2.75) is 44.6 Å². The molecule has 1 saturated carbocycles. The number of hydrogen-bond acceptors (Lipinski definition) is 1. The average molecular weight is 221 g/mol. The van der Waals surface area contributed by atoms with Gasteiger partial charge in [-0.1, -0.05) is 19.3 Å². The monoisotopic (exact) mass is 221 g/mol. The van der Waals surface area contributed by atoms with E-state index < -0.39 is 5.97 Å². The van der Waals surface area contributed by atoms with Crippen LogP contribution in [0.15, 0.2) is 24.5 Å². The van der Waals surface area contributed by atoms with Crippen molar-refractivity contribution in [2.24, 2.45) is 5.92 Å². The van der Waals surface area contributed by atoms with Gasteiger partial charge in [-0.2, -0.15) is 0 Å². The Kier molecular flexibility index (Phi) is 3.65. The molecule has 2 rings (SSSR count). The summed E-state index contributed by atoms with van der Waals surface area (Å²) >= 11 is 0. The van der Waals surface area contributed by atoms with Crippen molar-refractivity contribution in [3.63, 3.8) is 0 Å². The van der Waals surface area contributed by atoms with E-state index in [2.05, 4.69) is 4.57 Å². The summed E-state index contributed by atoms with van der Waals surface area (Å²) in [6, 6.07) is 4.09. The minimum Gasteiger partial charge on any atom is -0.481 e. The van der Waals surface area contributed by atoms with E-state index in [-0.39, 0.29) is 12.5 Å². The number of carboxylic acid groups (broad SMARTS) is 1. The largest absolute Gasteiger partial charge is 0.481 e. The molecule has 0 aliphatic heterocycles. The summed E-state index contributed by atoms with van der Waals surface area (Å²) < 4.78 is 2.07. The van der Waals surface area contributed by atoms with Crippen LogP contribution in [0.1, 0.15) is 44.6 Å². The van der Waals surface area contributed by atoms with Crippen LogP contribution in [-0.4, -0.2) is 15.6 Å². The van der Waals surface area contributed by atoms with Gasteiger partial charge in [0.15, 0.2) is 0 Å². The van der Waals surface area contributed by atoms with Gasteiger partial charge in [-0.3, -0.25) is 4.79 Å². The first kappa shape index (κ1) is 11.2. The standard InChI is InChI=1S/C13H19NO2/c15-13(16)10-12(14-8-4-5-9-14)11-6-2-1-3-7-11/h4-5,8-9,11-12H,1-3,6-7,10H2,(H,15,16)/t12-/m0/s1. The number of carboxylic acids is 1. The van der Waals surface area contributed by atoms with Gasteiger partial charge >= 0.3 is 5.97 Å². The highest BCUT2D eigenvalue weighted by Gasteiger charge is 2.26. The first-order chi connectivity index (χ1) is 7.77. The number of hydrogen-bond donors (Lipinski definition) is 1. The molecule has 0 aromatic carbocycles. The maximum Gasteiger partial charge on any atom is 0.305 e. The van der Waals surface area contributed by atoms with Gasteiger partial charge in [0.2, 0.25) is 0 Å². The molecule has 0 spiro atoms. The van der Waals surface area contributed by atoms with E-state index in [4.69, 9.17) is 5.11 Å². The Bertz CT molecular complexity index is 326. The highest BCUT2D eigenvalue weighted by Crippen LogP contribution is 2.34. The molecule has 16 heavy (non-hydrogen) atoms. The van der Waals surface area contributed by atoms with Gasteiger partial charge in [0.05, 0.1) is 6.42 Å². The Balaban J connectivity index is 2.10. The van der Waals surface area contributed by atoms with Crippen LogP contribution in [0.3, 0.4) is 0 Å². The molecule has 0 unspecified atom stereocenters. The van der Waals surface area contributed by atoms with E-state index in [9.17, 15) is 4.79 Å². The average Bonchev–Trinajstić information content (AvgIpc) is 2.80. The maximum absolute atomic E-state index is 10.9. The molecule has 1 heterocycles. The summed E-state index contributed by atoms with van der Waals surface area (Å²) in [6.45, 7) is 0. The number of rotatable bonds is 4. The minimum atomic E-state index is -0.690. The molecular weight excluding hydrogens is 202 g/mol. The molecule has 1 atom stereocenters. The van der Waals surface area contributed by atoms with Gasteiger partial charge in [0.1, 0.15) is 0 Å². The molecule has 0 radical (unpaired) electrons. The molecule has 0 bridgehead atoms. The van der Waals surface area contributed by atoms with E-state index in [0.29, 0.717) is 5.92 Å². The van der Waals surface area contributed by atoms with Crippen molar-refractivity contribution >= 4 is 5.97 Å². The molecule has 1 aliphatic rings. The molecule has 1 fully saturated rings. The first-order valence-electron chi connectivity index (χ1n) is 6.11. The SMILES string of the molecule is O=C(O)C[C@@H](C1CCCCC1)n1cccc1. The zero-order valence-electron chi connectivity index (χ0n) is 9.51. The van der Waals surface area contributed by atoms with Gasteiger partial charge in [0, 0.05) is 18.4 Å². The summed E-state index contributed by atoms with van der Waals surface area (Å²) in [7, 11) is 0. The lowest BCUT2D eigenvalue weighted by molar-refractivity contribution is -0.138. The van der Waals surface area contributed by atoms with E-state index >= 15 is 0 Å². The second-order valence-corrected chi connectivity index (χ2v) is 4.69. The maximum atomic E-state index is 10.9. The van der Waals surface area contributed by atoms with Crippen molar-refractivity contribution in [2.75, 3.05) is 0 Å². The van der Waals surface area contributed by atoms with E-state index in [0.717, 1.165) is 0 Å². The molecule has 1 aromatic rings. The summed E-state index contributed by atoms with van der Waals surface area (Å²) in [4.78, 5) is 10.9. The lowest BCUT2D eigenvalue weighted by Crippen LogP contribution is -2.23. The van der Waals surface area contributed by atoms with Crippen LogP contribution in [0.2, 0.25) is 0 Å². The first-order valence-corrected chi connectivity index (χ1v) is 6.11. The van der Waals surface area contributed by atoms with E-state index in [1.807, 2.05) is 24.5 Å². The summed E-state index contributed by atoms with van der Waals surface area (Å²) in [5, 5.41) is 9.00. The van der Waals surface area contributed by atoms with Gasteiger partial charge in [-0.25, -0.2) is 0 Å². The number of carbonyl (C=O) groups is 1. The Morgan fingerprint density at radius 3 is 2.44 bits per heavy atom. The van der Waals surface area contributed by atoms with Crippen LogP contribution in [0.4, 0.5) is 0 Å². The molecule has 1 N–H and O–H groups in total. The van der Waals surface area contributed by atoms with Crippen LogP contribution in [0, 0.1) is 5.92 Å². The Labute approximate surface area is 96.1 Å². The predicted octanol–water partition coefficient (Wildman–Crippen LogP) is 3.08. The summed E-state index contributed by atoms with van der Waals surface area (Å²) in [5.74, 6) is -0.151. The van der Waals surface area contributed by atoms with Crippen molar-refractivity contribution in [3.05, 3.63) is 24.5 Å². The third kappa shape index (κ3) is 2.65.